The van der Waals surface area contributed by atoms with Crippen molar-refractivity contribution in [1.29, 1.82) is 0 Å². The number of amides is 1. The van der Waals surface area contributed by atoms with Crippen molar-refractivity contribution in [3.63, 3.8) is 0 Å². The maximum atomic E-state index is 12.0. The zero-order valence-corrected chi connectivity index (χ0v) is 14.0. The number of rotatable bonds is 8. The van der Waals surface area contributed by atoms with Crippen LogP contribution in [0.1, 0.15) is 48.0 Å². The number of carbonyl (C=O) groups is 2. The van der Waals surface area contributed by atoms with E-state index in [-0.39, 0.29) is 36.5 Å². The summed E-state index contributed by atoms with van der Waals surface area (Å²) in [6.07, 6.45) is 0.815. The zero-order chi connectivity index (χ0) is 17.4. The molecule has 1 amide bonds. The van der Waals surface area contributed by atoms with Gasteiger partial charge in [0.25, 0.3) is 5.91 Å². The number of hydrogen-bond donors (Lipinski definition) is 1. The topological polar surface area (TPSA) is 81.4 Å². The minimum Gasteiger partial charge on any atom is -0.466 e. The van der Waals surface area contributed by atoms with Gasteiger partial charge in [0.15, 0.2) is 0 Å². The first kappa shape index (κ1) is 17.7. The van der Waals surface area contributed by atoms with Gasteiger partial charge in [0.1, 0.15) is 0 Å². The van der Waals surface area contributed by atoms with Gasteiger partial charge in [0.05, 0.1) is 18.7 Å². The zero-order valence-electron chi connectivity index (χ0n) is 14.0. The number of nitrogens with zero attached hydrogens (tertiary/aromatic N) is 1. The van der Waals surface area contributed by atoms with Crippen LogP contribution in [-0.4, -0.2) is 30.2 Å². The van der Waals surface area contributed by atoms with Crippen LogP contribution >= 0.6 is 0 Å². The Morgan fingerprint density at radius 1 is 1.29 bits per heavy atom. The molecule has 0 aliphatic rings. The molecule has 1 N–H and O–H groups in total. The largest absolute Gasteiger partial charge is 0.466 e. The van der Waals surface area contributed by atoms with Gasteiger partial charge in [-0.1, -0.05) is 42.4 Å². The fraction of sp³-hybridized carbons (Fsp3) is 0.389. The lowest BCUT2D eigenvalue weighted by Gasteiger charge is -2.08. The summed E-state index contributed by atoms with van der Waals surface area (Å²) in [5.74, 6) is -0.302. The van der Waals surface area contributed by atoms with Crippen LogP contribution in [0.4, 0.5) is 0 Å². The number of esters is 1. The molecule has 2 rings (SSSR count). The number of hydrogen-bond acceptors (Lipinski definition) is 5. The van der Waals surface area contributed by atoms with E-state index in [1.807, 2.05) is 18.2 Å². The van der Waals surface area contributed by atoms with Crippen molar-refractivity contribution in [2.24, 2.45) is 0 Å². The summed E-state index contributed by atoms with van der Waals surface area (Å²) >= 11 is 0. The first-order valence-electron chi connectivity index (χ1n) is 8.04. The third-order valence-electron chi connectivity index (χ3n) is 3.59. The van der Waals surface area contributed by atoms with E-state index in [1.54, 1.807) is 13.0 Å². The quantitative estimate of drug-likeness (QED) is 0.753. The van der Waals surface area contributed by atoms with Crippen molar-refractivity contribution >= 4 is 11.9 Å². The highest BCUT2D eigenvalue weighted by atomic mass is 16.5. The molecule has 1 atom stereocenters. The van der Waals surface area contributed by atoms with Crippen LogP contribution in [0.25, 0.3) is 0 Å². The average molecular weight is 330 g/mol. The van der Waals surface area contributed by atoms with Gasteiger partial charge >= 0.3 is 5.97 Å². The normalized spacial score (nSPS) is 11.8. The molecular weight excluding hydrogens is 308 g/mol. The SMILES string of the molecule is CCOC(=O)CCNC(=O)c1cc(C[C@@H](C)c2ccccc2)no1. The first-order valence-corrected chi connectivity index (χ1v) is 8.04. The second-order valence-electron chi connectivity index (χ2n) is 5.51. The molecule has 0 saturated heterocycles. The molecule has 0 aliphatic carbocycles. The summed E-state index contributed by atoms with van der Waals surface area (Å²) in [5, 5.41) is 6.56. The van der Waals surface area contributed by atoms with Crippen molar-refractivity contribution in [2.45, 2.75) is 32.6 Å². The Bertz CT molecular complexity index is 667. The Kier molecular flexibility index (Phi) is 6.54. The van der Waals surface area contributed by atoms with Crippen LogP contribution in [0.2, 0.25) is 0 Å². The molecule has 6 nitrogen and oxygen atoms in total. The highest BCUT2D eigenvalue weighted by molar-refractivity contribution is 5.91. The molecule has 0 fully saturated rings. The van der Waals surface area contributed by atoms with Gasteiger partial charge in [0, 0.05) is 12.6 Å². The van der Waals surface area contributed by atoms with E-state index in [2.05, 4.69) is 29.5 Å². The van der Waals surface area contributed by atoms with Gasteiger partial charge in [-0.05, 0) is 24.8 Å². The molecule has 1 aromatic heterocycles. The summed E-state index contributed by atoms with van der Waals surface area (Å²) in [7, 11) is 0. The maximum absolute atomic E-state index is 12.0. The minimum absolute atomic E-state index is 0.131. The van der Waals surface area contributed by atoms with Gasteiger partial charge in [-0.2, -0.15) is 0 Å². The molecule has 1 aromatic carbocycles. The van der Waals surface area contributed by atoms with Crippen LogP contribution in [0.5, 0.6) is 0 Å². The molecule has 128 valence electrons. The fourth-order valence-electron chi connectivity index (χ4n) is 2.33. The second-order valence-corrected chi connectivity index (χ2v) is 5.51. The minimum atomic E-state index is -0.384. The summed E-state index contributed by atoms with van der Waals surface area (Å²) < 4.78 is 9.88. The first-order chi connectivity index (χ1) is 11.6. The number of carbonyl (C=O) groups excluding carboxylic acids is 2. The van der Waals surface area contributed by atoms with Crippen molar-refractivity contribution in [1.82, 2.24) is 10.5 Å². The number of nitrogens with one attached hydrogen (secondary N) is 1. The van der Waals surface area contributed by atoms with E-state index in [9.17, 15) is 9.59 Å². The Hall–Kier alpha value is -2.63. The molecular formula is C18H22N2O4. The molecule has 0 spiro atoms. The third-order valence-corrected chi connectivity index (χ3v) is 3.59. The van der Waals surface area contributed by atoms with Crippen LogP contribution < -0.4 is 5.32 Å². The Morgan fingerprint density at radius 2 is 2.04 bits per heavy atom. The van der Waals surface area contributed by atoms with E-state index in [4.69, 9.17) is 9.26 Å². The smallest absolute Gasteiger partial charge is 0.307 e. The van der Waals surface area contributed by atoms with Gasteiger partial charge < -0.3 is 14.6 Å². The third kappa shape index (κ3) is 5.22. The molecule has 1 heterocycles. The van der Waals surface area contributed by atoms with Crippen LogP contribution in [0.15, 0.2) is 40.9 Å². The molecule has 0 radical (unpaired) electrons. The lowest BCUT2D eigenvalue weighted by atomic mass is 9.96. The predicted octanol–water partition coefficient (Wildman–Crippen LogP) is 2.70. The lowest BCUT2D eigenvalue weighted by Crippen LogP contribution is -2.26. The van der Waals surface area contributed by atoms with Gasteiger partial charge in [-0.3, -0.25) is 9.59 Å². The van der Waals surface area contributed by atoms with E-state index in [0.717, 1.165) is 5.69 Å². The second kappa shape index (κ2) is 8.86. The Morgan fingerprint density at radius 3 is 2.75 bits per heavy atom. The summed E-state index contributed by atoms with van der Waals surface area (Å²) in [5.41, 5.74) is 1.93. The Labute approximate surface area is 141 Å². The lowest BCUT2D eigenvalue weighted by molar-refractivity contribution is -0.142. The summed E-state index contributed by atoms with van der Waals surface area (Å²) in [6, 6.07) is 11.7. The van der Waals surface area contributed by atoms with Gasteiger partial charge in [0.2, 0.25) is 5.76 Å². The van der Waals surface area contributed by atoms with Crippen molar-refractivity contribution in [3.05, 3.63) is 53.4 Å². The van der Waals surface area contributed by atoms with E-state index in [0.29, 0.717) is 13.0 Å². The highest BCUT2D eigenvalue weighted by Crippen LogP contribution is 2.19. The monoisotopic (exact) mass is 330 g/mol. The van der Waals surface area contributed by atoms with Gasteiger partial charge in [-0.15, -0.1) is 0 Å². The highest BCUT2D eigenvalue weighted by Gasteiger charge is 2.15. The molecule has 0 bridgehead atoms. The van der Waals surface area contributed by atoms with Crippen LogP contribution in [-0.2, 0) is 16.0 Å². The summed E-state index contributed by atoms with van der Waals surface area (Å²) in [4.78, 5) is 23.2. The number of ether oxygens (including phenoxy) is 1. The van der Waals surface area contributed by atoms with E-state index in [1.165, 1.54) is 5.56 Å². The molecule has 6 heteroatoms. The van der Waals surface area contributed by atoms with E-state index < -0.39 is 0 Å². The van der Waals surface area contributed by atoms with Gasteiger partial charge in [-0.25, -0.2) is 0 Å². The van der Waals surface area contributed by atoms with E-state index >= 15 is 0 Å². The number of benzene rings is 1. The molecule has 0 saturated carbocycles. The van der Waals surface area contributed by atoms with Crippen LogP contribution in [0, 0.1) is 0 Å². The van der Waals surface area contributed by atoms with Crippen molar-refractivity contribution < 1.29 is 18.8 Å². The molecule has 24 heavy (non-hydrogen) atoms. The predicted molar refractivity (Wildman–Crippen MR) is 88.6 cm³/mol. The standard InChI is InChI=1S/C18H22N2O4/c1-3-23-17(21)9-10-19-18(22)16-12-15(20-24-16)11-13(2)14-7-5-4-6-8-14/h4-8,12-13H,3,9-11H2,1-2H3,(H,19,22)/t13-/m1/s1. The van der Waals surface area contributed by atoms with Crippen molar-refractivity contribution in [3.8, 4) is 0 Å². The maximum Gasteiger partial charge on any atom is 0.307 e. The Balaban J connectivity index is 1.84. The fourth-order valence-corrected chi connectivity index (χ4v) is 2.33. The number of aromatic nitrogens is 1. The van der Waals surface area contributed by atoms with Crippen molar-refractivity contribution in [2.75, 3.05) is 13.2 Å². The summed E-state index contributed by atoms with van der Waals surface area (Å²) in [6.45, 7) is 4.37. The molecule has 0 unspecified atom stereocenters. The average Bonchev–Trinajstić information content (AvgIpc) is 3.04. The van der Waals surface area contributed by atoms with Crippen LogP contribution in [0.3, 0.4) is 0 Å². The molecule has 0 aliphatic heterocycles. The molecule has 2 aromatic rings.